The number of rotatable bonds is 3. The number of para-hydroxylation sites is 1. The summed E-state index contributed by atoms with van der Waals surface area (Å²) in [6.07, 6.45) is 0. The summed E-state index contributed by atoms with van der Waals surface area (Å²) in [4.78, 5) is 11.3. The molecule has 94 valence electrons. The Balaban J connectivity index is 2.96. The second-order valence-corrected chi connectivity index (χ2v) is 5.32. The molecule has 0 aliphatic heterocycles. The monoisotopic (exact) mass is 257 g/mol. The second kappa shape index (κ2) is 5.15. The van der Waals surface area contributed by atoms with Gasteiger partial charge in [-0.2, -0.15) is 0 Å². The minimum Gasteiger partial charge on any atom is -0.336 e. The molecule has 0 aliphatic carbocycles. The first-order valence-electron chi connectivity index (χ1n) is 5.00. The van der Waals surface area contributed by atoms with Crippen molar-refractivity contribution in [1.29, 1.82) is 0 Å². The summed E-state index contributed by atoms with van der Waals surface area (Å²) in [6.45, 7) is 3.59. The highest BCUT2D eigenvalue weighted by Crippen LogP contribution is 2.18. The first kappa shape index (κ1) is 13.5. The molecule has 1 aromatic rings. The molecule has 7 heteroatoms. The molecule has 0 aliphatic rings. The van der Waals surface area contributed by atoms with Crippen LogP contribution in [0.25, 0.3) is 0 Å². The van der Waals surface area contributed by atoms with Crippen molar-refractivity contribution in [1.82, 2.24) is 5.32 Å². The molecule has 0 fully saturated rings. The second-order valence-electron chi connectivity index (χ2n) is 3.79. The van der Waals surface area contributed by atoms with Crippen LogP contribution >= 0.6 is 0 Å². The quantitative estimate of drug-likeness (QED) is 0.748. The van der Waals surface area contributed by atoms with Crippen LogP contribution in [0.3, 0.4) is 0 Å². The number of amides is 2. The zero-order chi connectivity index (χ0) is 13.1. The highest BCUT2D eigenvalue weighted by molar-refractivity contribution is 7.89. The molecule has 2 amide bonds. The number of anilines is 1. The number of nitrogens with two attached hydrogens (primary N) is 1. The number of carbonyl (C=O) groups is 1. The molecule has 0 saturated heterocycles. The van der Waals surface area contributed by atoms with Gasteiger partial charge in [0.25, 0.3) is 0 Å². The number of urea groups is 1. The first-order chi connectivity index (χ1) is 7.80. The van der Waals surface area contributed by atoms with Gasteiger partial charge in [-0.1, -0.05) is 12.1 Å². The Morgan fingerprint density at radius 2 is 1.88 bits per heavy atom. The molecule has 6 nitrogen and oxygen atoms in total. The third-order valence-electron chi connectivity index (χ3n) is 1.86. The van der Waals surface area contributed by atoms with E-state index in [1.807, 2.05) is 0 Å². The molecule has 0 unspecified atom stereocenters. The number of hydrogen-bond acceptors (Lipinski definition) is 3. The van der Waals surface area contributed by atoms with Gasteiger partial charge < -0.3 is 10.6 Å². The third-order valence-corrected chi connectivity index (χ3v) is 2.83. The van der Waals surface area contributed by atoms with Crippen molar-refractivity contribution in [2.45, 2.75) is 24.8 Å². The molecule has 1 rings (SSSR count). The Labute approximate surface area is 100 Å². The van der Waals surface area contributed by atoms with Gasteiger partial charge in [-0.05, 0) is 26.0 Å². The topological polar surface area (TPSA) is 101 Å². The van der Waals surface area contributed by atoms with E-state index in [4.69, 9.17) is 5.14 Å². The van der Waals surface area contributed by atoms with Crippen molar-refractivity contribution in [3.05, 3.63) is 24.3 Å². The maximum Gasteiger partial charge on any atom is 0.319 e. The fourth-order valence-electron chi connectivity index (χ4n) is 1.24. The van der Waals surface area contributed by atoms with E-state index in [0.29, 0.717) is 0 Å². The van der Waals surface area contributed by atoms with Crippen LogP contribution in [-0.2, 0) is 10.0 Å². The van der Waals surface area contributed by atoms with E-state index < -0.39 is 16.1 Å². The number of sulfonamides is 1. The summed E-state index contributed by atoms with van der Waals surface area (Å²) in [6, 6.07) is 5.43. The third kappa shape index (κ3) is 4.04. The Bertz CT molecular complexity index is 511. The van der Waals surface area contributed by atoms with Crippen molar-refractivity contribution in [3.8, 4) is 0 Å². The van der Waals surface area contributed by atoms with Crippen LogP contribution < -0.4 is 15.8 Å². The minimum absolute atomic E-state index is 0.0448. The van der Waals surface area contributed by atoms with E-state index in [-0.39, 0.29) is 16.6 Å². The van der Waals surface area contributed by atoms with Gasteiger partial charge in [-0.25, -0.2) is 18.4 Å². The standard InChI is InChI=1S/C10H15N3O3S/c1-7(2)12-10(14)13-8-5-3-4-6-9(8)17(11,15)16/h3-7H,1-2H3,(H2,11,15,16)(H2,12,13,14). The normalized spacial score (nSPS) is 11.3. The summed E-state index contributed by atoms with van der Waals surface area (Å²) < 4.78 is 22.5. The summed E-state index contributed by atoms with van der Waals surface area (Å²) in [5.41, 5.74) is 0.160. The zero-order valence-electron chi connectivity index (χ0n) is 9.60. The molecule has 0 spiro atoms. The van der Waals surface area contributed by atoms with Crippen LogP contribution in [0.1, 0.15) is 13.8 Å². The summed E-state index contributed by atoms with van der Waals surface area (Å²) >= 11 is 0. The fourth-order valence-corrected chi connectivity index (χ4v) is 1.93. The lowest BCUT2D eigenvalue weighted by Crippen LogP contribution is -2.34. The highest BCUT2D eigenvalue weighted by atomic mass is 32.2. The maximum absolute atomic E-state index is 11.4. The van der Waals surface area contributed by atoms with Gasteiger partial charge in [0, 0.05) is 6.04 Å². The molecule has 1 aromatic carbocycles. The smallest absolute Gasteiger partial charge is 0.319 e. The van der Waals surface area contributed by atoms with E-state index >= 15 is 0 Å². The number of benzene rings is 1. The molecule has 0 heterocycles. The van der Waals surface area contributed by atoms with Crippen LogP contribution in [0.4, 0.5) is 10.5 Å². The fraction of sp³-hybridized carbons (Fsp3) is 0.300. The Hall–Kier alpha value is -1.60. The molecule has 4 N–H and O–H groups in total. The molecular weight excluding hydrogens is 242 g/mol. The van der Waals surface area contributed by atoms with Gasteiger partial charge in [0.2, 0.25) is 10.0 Å². The zero-order valence-corrected chi connectivity index (χ0v) is 10.4. The lowest BCUT2D eigenvalue weighted by molar-refractivity contribution is 0.250. The summed E-state index contributed by atoms with van der Waals surface area (Å²) in [7, 11) is -3.85. The minimum atomic E-state index is -3.85. The van der Waals surface area contributed by atoms with Gasteiger partial charge in [-0.3, -0.25) is 0 Å². The Morgan fingerprint density at radius 3 is 2.41 bits per heavy atom. The van der Waals surface area contributed by atoms with Crippen LogP contribution in [0.15, 0.2) is 29.2 Å². The van der Waals surface area contributed by atoms with Gasteiger partial charge in [0.05, 0.1) is 5.69 Å². The van der Waals surface area contributed by atoms with Crippen molar-refractivity contribution in [2.75, 3.05) is 5.32 Å². The van der Waals surface area contributed by atoms with E-state index in [9.17, 15) is 13.2 Å². The molecular formula is C10H15N3O3S. The molecule has 0 radical (unpaired) electrons. The number of primary sulfonamides is 1. The van der Waals surface area contributed by atoms with Crippen LogP contribution in [0, 0.1) is 0 Å². The van der Waals surface area contributed by atoms with E-state index in [2.05, 4.69) is 10.6 Å². The first-order valence-corrected chi connectivity index (χ1v) is 6.54. The highest BCUT2D eigenvalue weighted by Gasteiger charge is 2.14. The molecule has 0 aromatic heterocycles. The average Bonchev–Trinajstić information content (AvgIpc) is 2.15. The average molecular weight is 257 g/mol. The lowest BCUT2D eigenvalue weighted by Gasteiger charge is -2.12. The van der Waals surface area contributed by atoms with E-state index in [1.165, 1.54) is 18.2 Å². The Morgan fingerprint density at radius 1 is 1.29 bits per heavy atom. The molecule has 0 atom stereocenters. The summed E-state index contributed by atoms with van der Waals surface area (Å²) in [5, 5.41) is 10.1. The van der Waals surface area contributed by atoms with E-state index in [0.717, 1.165) is 0 Å². The van der Waals surface area contributed by atoms with Gasteiger partial charge in [-0.15, -0.1) is 0 Å². The largest absolute Gasteiger partial charge is 0.336 e. The lowest BCUT2D eigenvalue weighted by atomic mass is 10.3. The predicted octanol–water partition coefficient (Wildman–Crippen LogP) is 0.864. The van der Waals surface area contributed by atoms with Crippen LogP contribution in [0.5, 0.6) is 0 Å². The molecule has 0 saturated carbocycles. The van der Waals surface area contributed by atoms with Gasteiger partial charge in [0.15, 0.2) is 0 Å². The Kier molecular flexibility index (Phi) is 4.08. The molecule has 0 bridgehead atoms. The SMILES string of the molecule is CC(C)NC(=O)Nc1ccccc1S(N)(=O)=O. The number of nitrogens with one attached hydrogen (secondary N) is 2. The predicted molar refractivity (Wildman–Crippen MR) is 65.1 cm³/mol. The van der Waals surface area contributed by atoms with Crippen molar-refractivity contribution in [3.63, 3.8) is 0 Å². The van der Waals surface area contributed by atoms with Crippen LogP contribution in [0.2, 0.25) is 0 Å². The number of carbonyl (C=O) groups excluding carboxylic acids is 1. The maximum atomic E-state index is 11.4. The van der Waals surface area contributed by atoms with Crippen LogP contribution in [-0.4, -0.2) is 20.5 Å². The summed E-state index contributed by atoms with van der Waals surface area (Å²) in [5.74, 6) is 0. The van der Waals surface area contributed by atoms with Gasteiger partial charge in [0.1, 0.15) is 4.90 Å². The van der Waals surface area contributed by atoms with Crippen molar-refractivity contribution >= 4 is 21.7 Å². The van der Waals surface area contributed by atoms with Crippen molar-refractivity contribution < 1.29 is 13.2 Å². The van der Waals surface area contributed by atoms with E-state index in [1.54, 1.807) is 19.9 Å². The number of hydrogen-bond donors (Lipinski definition) is 3. The van der Waals surface area contributed by atoms with Gasteiger partial charge >= 0.3 is 6.03 Å². The molecule has 17 heavy (non-hydrogen) atoms. The van der Waals surface area contributed by atoms with Crippen molar-refractivity contribution in [2.24, 2.45) is 5.14 Å².